The number of piperidine rings is 1. The number of hydrogen-bond donors (Lipinski definition) is 0. The summed E-state index contributed by atoms with van der Waals surface area (Å²) in [6, 6.07) is 0. The van der Waals surface area contributed by atoms with E-state index < -0.39 is 0 Å². The number of rotatable bonds is 2. The van der Waals surface area contributed by atoms with Gasteiger partial charge in [-0.3, -0.25) is 14.4 Å². The van der Waals surface area contributed by atoms with Crippen molar-refractivity contribution < 1.29 is 14.4 Å². The van der Waals surface area contributed by atoms with Crippen LogP contribution in [-0.2, 0) is 14.4 Å². The number of amides is 3. The maximum absolute atomic E-state index is 12.9. The van der Waals surface area contributed by atoms with Crippen molar-refractivity contribution in [3.05, 3.63) is 0 Å². The molecule has 0 spiro atoms. The van der Waals surface area contributed by atoms with Gasteiger partial charge in [-0.05, 0) is 46.5 Å². The monoisotopic (exact) mass is 377 g/mol. The van der Waals surface area contributed by atoms with Crippen LogP contribution in [0.15, 0.2) is 0 Å². The van der Waals surface area contributed by atoms with E-state index in [2.05, 4.69) is 0 Å². The van der Waals surface area contributed by atoms with E-state index in [9.17, 15) is 14.4 Å². The smallest absolute Gasteiger partial charge is 0.227 e. The molecule has 6 heteroatoms. The Kier molecular flexibility index (Phi) is 6.11. The molecule has 3 heterocycles. The third-order valence-corrected chi connectivity index (χ3v) is 6.36. The van der Waals surface area contributed by atoms with E-state index in [1.54, 1.807) is 0 Å². The molecule has 6 nitrogen and oxygen atoms in total. The molecule has 1 atom stereocenters. The molecule has 0 aromatic carbocycles. The first-order valence-corrected chi connectivity index (χ1v) is 10.7. The molecule has 0 saturated carbocycles. The lowest BCUT2D eigenvalue weighted by atomic mass is 9.94. The van der Waals surface area contributed by atoms with E-state index in [0.29, 0.717) is 32.0 Å². The Hall–Kier alpha value is -1.59. The lowest BCUT2D eigenvalue weighted by Crippen LogP contribution is -2.47. The van der Waals surface area contributed by atoms with Crippen LogP contribution in [0.25, 0.3) is 0 Å². The highest BCUT2D eigenvalue weighted by atomic mass is 16.2. The van der Waals surface area contributed by atoms with E-state index in [4.69, 9.17) is 0 Å². The fraction of sp³-hybridized carbons (Fsp3) is 0.857. The van der Waals surface area contributed by atoms with Crippen molar-refractivity contribution in [3.63, 3.8) is 0 Å². The largest absolute Gasteiger partial charge is 0.342 e. The summed E-state index contributed by atoms with van der Waals surface area (Å²) in [5.41, 5.74) is -0.237. The van der Waals surface area contributed by atoms with E-state index in [1.807, 2.05) is 35.5 Å². The Morgan fingerprint density at radius 1 is 0.815 bits per heavy atom. The zero-order chi connectivity index (χ0) is 19.6. The Morgan fingerprint density at radius 3 is 1.85 bits per heavy atom. The van der Waals surface area contributed by atoms with Gasteiger partial charge in [0.15, 0.2) is 0 Å². The molecule has 3 aliphatic rings. The third kappa shape index (κ3) is 4.64. The number of carbonyl (C=O) groups excluding carboxylic acids is 3. The number of carbonyl (C=O) groups is 3. The van der Waals surface area contributed by atoms with Crippen LogP contribution in [0, 0.1) is 11.8 Å². The molecule has 3 amide bonds. The van der Waals surface area contributed by atoms with Crippen molar-refractivity contribution in [1.29, 1.82) is 0 Å². The fourth-order valence-electron chi connectivity index (χ4n) is 4.68. The quantitative estimate of drug-likeness (QED) is 0.742. The lowest BCUT2D eigenvalue weighted by Gasteiger charge is -2.35. The van der Waals surface area contributed by atoms with Gasteiger partial charge < -0.3 is 14.7 Å². The molecule has 152 valence electrons. The van der Waals surface area contributed by atoms with Gasteiger partial charge in [-0.25, -0.2) is 0 Å². The Bertz CT molecular complexity index is 568. The minimum atomic E-state index is -0.237. The summed E-state index contributed by atoms with van der Waals surface area (Å²) in [4.78, 5) is 43.7. The van der Waals surface area contributed by atoms with Crippen LogP contribution in [0.1, 0.15) is 65.7 Å². The van der Waals surface area contributed by atoms with Crippen molar-refractivity contribution in [2.75, 3.05) is 32.7 Å². The molecule has 0 radical (unpaired) electrons. The zero-order valence-corrected chi connectivity index (χ0v) is 17.2. The van der Waals surface area contributed by atoms with Gasteiger partial charge >= 0.3 is 0 Å². The van der Waals surface area contributed by atoms with Crippen LogP contribution < -0.4 is 0 Å². The van der Waals surface area contributed by atoms with Gasteiger partial charge in [-0.1, -0.05) is 12.8 Å². The second-order valence-electron chi connectivity index (χ2n) is 9.42. The minimum Gasteiger partial charge on any atom is -0.342 e. The average molecular weight is 378 g/mol. The standard InChI is InChI=1S/C21H35N3O3/c1-21(2,3)24-15-17(14-18(24)25)20(27)23-12-8-16(9-13-23)19(26)22-10-6-4-5-7-11-22/h16-17H,4-15H2,1-3H3. The molecular weight excluding hydrogens is 342 g/mol. The number of likely N-dealkylation sites (tertiary alicyclic amines) is 3. The molecule has 3 fully saturated rings. The van der Waals surface area contributed by atoms with Gasteiger partial charge in [0.2, 0.25) is 17.7 Å². The van der Waals surface area contributed by atoms with Gasteiger partial charge in [-0.15, -0.1) is 0 Å². The first kappa shape index (κ1) is 20.2. The minimum absolute atomic E-state index is 0.0587. The van der Waals surface area contributed by atoms with Crippen molar-refractivity contribution in [2.24, 2.45) is 11.8 Å². The van der Waals surface area contributed by atoms with Gasteiger partial charge in [0, 0.05) is 50.6 Å². The SMILES string of the molecule is CC(C)(C)N1CC(C(=O)N2CCC(C(=O)N3CCCCCC3)CC2)CC1=O. The topological polar surface area (TPSA) is 60.9 Å². The number of nitrogens with zero attached hydrogens (tertiary/aromatic N) is 3. The second-order valence-corrected chi connectivity index (χ2v) is 9.42. The van der Waals surface area contributed by atoms with Crippen molar-refractivity contribution in [2.45, 2.75) is 71.3 Å². The summed E-state index contributed by atoms with van der Waals surface area (Å²) in [6.45, 7) is 9.63. The van der Waals surface area contributed by atoms with Crippen LogP contribution in [0.2, 0.25) is 0 Å². The van der Waals surface area contributed by atoms with Crippen molar-refractivity contribution in [1.82, 2.24) is 14.7 Å². The lowest BCUT2D eigenvalue weighted by molar-refractivity contribution is -0.142. The summed E-state index contributed by atoms with van der Waals surface area (Å²) in [5.74, 6) is 0.291. The maximum Gasteiger partial charge on any atom is 0.227 e. The molecule has 1 unspecified atom stereocenters. The predicted molar refractivity (Wildman–Crippen MR) is 104 cm³/mol. The van der Waals surface area contributed by atoms with Gasteiger partial charge in [-0.2, -0.15) is 0 Å². The molecule has 0 aromatic heterocycles. The molecule has 3 aliphatic heterocycles. The molecule has 0 aliphatic carbocycles. The fourth-order valence-corrected chi connectivity index (χ4v) is 4.68. The van der Waals surface area contributed by atoms with Crippen LogP contribution >= 0.6 is 0 Å². The van der Waals surface area contributed by atoms with Crippen molar-refractivity contribution in [3.8, 4) is 0 Å². The maximum atomic E-state index is 12.9. The Labute approximate surface area is 163 Å². The summed E-state index contributed by atoms with van der Waals surface area (Å²) < 4.78 is 0. The highest BCUT2D eigenvalue weighted by Crippen LogP contribution is 2.29. The molecule has 27 heavy (non-hydrogen) atoms. The van der Waals surface area contributed by atoms with Gasteiger partial charge in [0.1, 0.15) is 0 Å². The van der Waals surface area contributed by atoms with Gasteiger partial charge in [0.05, 0.1) is 5.92 Å². The Balaban J connectivity index is 1.51. The average Bonchev–Trinajstić information content (AvgIpc) is 2.85. The van der Waals surface area contributed by atoms with Crippen LogP contribution in [0.5, 0.6) is 0 Å². The third-order valence-electron chi connectivity index (χ3n) is 6.36. The first-order valence-electron chi connectivity index (χ1n) is 10.7. The van der Waals surface area contributed by atoms with Crippen LogP contribution in [0.4, 0.5) is 0 Å². The normalized spacial score (nSPS) is 25.7. The predicted octanol–water partition coefficient (Wildman–Crippen LogP) is 2.27. The van der Waals surface area contributed by atoms with Gasteiger partial charge in [0.25, 0.3) is 0 Å². The van der Waals surface area contributed by atoms with Crippen LogP contribution in [-0.4, -0.2) is 70.7 Å². The van der Waals surface area contributed by atoms with Crippen molar-refractivity contribution >= 4 is 17.7 Å². The van der Waals surface area contributed by atoms with Crippen LogP contribution in [0.3, 0.4) is 0 Å². The zero-order valence-electron chi connectivity index (χ0n) is 17.2. The second kappa shape index (κ2) is 8.19. The summed E-state index contributed by atoms with van der Waals surface area (Å²) in [6.07, 6.45) is 6.51. The highest BCUT2D eigenvalue weighted by molar-refractivity contribution is 5.90. The molecular formula is C21H35N3O3. The van der Waals surface area contributed by atoms with E-state index >= 15 is 0 Å². The first-order chi connectivity index (χ1) is 12.8. The molecule has 0 bridgehead atoms. The number of hydrogen-bond acceptors (Lipinski definition) is 3. The summed E-state index contributed by atoms with van der Waals surface area (Å²) in [5, 5.41) is 0. The van der Waals surface area contributed by atoms with E-state index in [1.165, 1.54) is 12.8 Å². The summed E-state index contributed by atoms with van der Waals surface area (Å²) in [7, 11) is 0. The molecule has 3 saturated heterocycles. The molecule has 0 aromatic rings. The summed E-state index contributed by atoms with van der Waals surface area (Å²) >= 11 is 0. The highest BCUT2D eigenvalue weighted by Gasteiger charge is 2.41. The van der Waals surface area contributed by atoms with E-state index in [-0.39, 0.29) is 29.2 Å². The molecule has 3 rings (SSSR count). The molecule has 0 N–H and O–H groups in total. The van der Waals surface area contributed by atoms with E-state index in [0.717, 1.165) is 38.8 Å². The Morgan fingerprint density at radius 2 is 1.33 bits per heavy atom.